The van der Waals surface area contributed by atoms with E-state index in [0.717, 1.165) is 0 Å². The number of hydrogen-bond donors (Lipinski definition) is 2. The van der Waals surface area contributed by atoms with Gasteiger partial charge in [-0.2, -0.15) is 26.3 Å². The Balaban J connectivity index is 3.67. The van der Waals surface area contributed by atoms with Gasteiger partial charge in [-0.1, -0.05) is 0 Å². The third kappa shape index (κ3) is 2.49. The maximum absolute atomic E-state index is 12.4. The maximum atomic E-state index is 12.4. The molecule has 0 saturated heterocycles. The van der Waals surface area contributed by atoms with Gasteiger partial charge in [-0.3, -0.25) is 0 Å². The Kier molecular flexibility index (Phi) is 3.20. The molecule has 18 heavy (non-hydrogen) atoms. The zero-order valence-corrected chi connectivity index (χ0v) is 8.23. The molecule has 0 aliphatic rings. The zero-order chi connectivity index (χ0) is 14.3. The molecule has 0 bridgehead atoms. The van der Waals surface area contributed by atoms with Gasteiger partial charge in [0.05, 0.1) is 11.1 Å². The minimum Gasteiger partial charge on any atom is -0.507 e. The van der Waals surface area contributed by atoms with E-state index in [9.17, 15) is 31.1 Å². The summed E-state index contributed by atoms with van der Waals surface area (Å²) in [6.45, 7) is 0. The summed E-state index contributed by atoms with van der Waals surface area (Å²) in [6.07, 6.45) is -10.6. The number of benzene rings is 1. The number of aromatic hydroxyl groups is 1. The van der Waals surface area contributed by atoms with Gasteiger partial charge in [-0.05, 0) is 12.1 Å². The van der Waals surface area contributed by atoms with Crippen LogP contribution in [0.5, 0.6) is 5.75 Å². The predicted molar refractivity (Wildman–Crippen MR) is 45.1 cm³/mol. The number of phenolic OH excluding ortho intramolecular Hbond substituents is 1. The summed E-state index contributed by atoms with van der Waals surface area (Å²) in [5.74, 6) is -4.23. The van der Waals surface area contributed by atoms with Crippen LogP contribution in [-0.4, -0.2) is 16.2 Å². The second kappa shape index (κ2) is 4.07. The van der Waals surface area contributed by atoms with E-state index in [-0.39, 0.29) is 12.1 Å². The van der Waals surface area contributed by atoms with Crippen LogP contribution in [0.15, 0.2) is 12.1 Å². The Hall–Kier alpha value is -1.93. The van der Waals surface area contributed by atoms with Crippen molar-refractivity contribution in [2.24, 2.45) is 0 Å². The molecule has 0 fully saturated rings. The van der Waals surface area contributed by atoms with Gasteiger partial charge in [-0.25, -0.2) is 4.79 Å². The van der Waals surface area contributed by atoms with Crippen molar-refractivity contribution in [2.75, 3.05) is 0 Å². The van der Waals surface area contributed by atoms with E-state index in [4.69, 9.17) is 10.2 Å². The van der Waals surface area contributed by atoms with Gasteiger partial charge in [0.15, 0.2) is 0 Å². The monoisotopic (exact) mass is 274 g/mol. The van der Waals surface area contributed by atoms with Gasteiger partial charge in [0.25, 0.3) is 0 Å². The topological polar surface area (TPSA) is 57.5 Å². The second-order valence-corrected chi connectivity index (χ2v) is 3.18. The Bertz CT molecular complexity index is 488. The van der Waals surface area contributed by atoms with Crippen LogP contribution in [-0.2, 0) is 12.4 Å². The summed E-state index contributed by atoms with van der Waals surface area (Å²) in [5.41, 5.74) is -5.61. The Morgan fingerprint density at radius 2 is 1.50 bits per heavy atom. The van der Waals surface area contributed by atoms with Gasteiger partial charge in [-0.15, -0.1) is 0 Å². The van der Waals surface area contributed by atoms with E-state index in [1.165, 1.54) is 0 Å². The molecule has 0 radical (unpaired) electrons. The number of phenols is 1. The van der Waals surface area contributed by atoms with Crippen LogP contribution >= 0.6 is 0 Å². The van der Waals surface area contributed by atoms with E-state index >= 15 is 0 Å². The molecule has 0 aliphatic heterocycles. The van der Waals surface area contributed by atoms with Crippen molar-refractivity contribution in [1.29, 1.82) is 0 Å². The van der Waals surface area contributed by atoms with Crippen molar-refractivity contribution in [3.63, 3.8) is 0 Å². The first-order valence-electron chi connectivity index (χ1n) is 4.20. The van der Waals surface area contributed by atoms with E-state index < -0.39 is 40.8 Å². The highest BCUT2D eigenvalue weighted by atomic mass is 19.4. The Labute approximate surface area is 95.3 Å². The molecular formula is C9H4F6O3. The van der Waals surface area contributed by atoms with Crippen molar-refractivity contribution >= 4 is 5.97 Å². The maximum Gasteiger partial charge on any atom is 0.420 e. The number of alkyl halides is 6. The smallest absolute Gasteiger partial charge is 0.420 e. The van der Waals surface area contributed by atoms with Crippen LogP contribution < -0.4 is 0 Å². The molecule has 0 saturated carbocycles. The fourth-order valence-electron chi connectivity index (χ4n) is 1.29. The van der Waals surface area contributed by atoms with Crippen LogP contribution in [0.4, 0.5) is 26.3 Å². The minimum absolute atomic E-state index is 0.0774. The first kappa shape index (κ1) is 14.1. The highest BCUT2D eigenvalue weighted by Crippen LogP contribution is 2.45. The number of aromatic carboxylic acids is 1. The van der Waals surface area contributed by atoms with Gasteiger partial charge in [0.2, 0.25) is 0 Å². The highest BCUT2D eigenvalue weighted by Gasteiger charge is 2.44. The molecule has 2 N–H and O–H groups in total. The molecule has 0 spiro atoms. The normalized spacial score (nSPS) is 12.6. The van der Waals surface area contributed by atoms with E-state index in [2.05, 4.69) is 0 Å². The lowest BCUT2D eigenvalue weighted by molar-refractivity contribution is -0.145. The quantitative estimate of drug-likeness (QED) is 0.773. The molecule has 1 rings (SSSR count). The lowest BCUT2D eigenvalue weighted by Gasteiger charge is -2.16. The molecule has 0 aromatic heterocycles. The first-order chi connectivity index (χ1) is 7.96. The standard InChI is InChI=1S/C9H4F6O3/c10-8(11,12)4-2-1-3(7(17)18)5(6(4)16)9(13,14)15/h1-2,16H,(H,17,18). The fraction of sp³-hybridized carbons (Fsp3) is 0.222. The molecule has 0 amide bonds. The summed E-state index contributed by atoms with van der Waals surface area (Å²) in [5, 5.41) is 17.4. The van der Waals surface area contributed by atoms with Crippen molar-refractivity contribution < 1.29 is 41.4 Å². The van der Waals surface area contributed by atoms with Gasteiger partial charge < -0.3 is 10.2 Å². The number of carbonyl (C=O) groups is 1. The average molecular weight is 274 g/mol. The Morgan fingerprint density at radius 1 is 1.00 bits per heavy atom. The number of hydrogen-bond acceptors (Lipinski definition) is 2. The molecule has 100 valence electrons. The summed E-state index contributed by atoms with van der Waals surface area (Å²) in [4.78, 5) is 10.5. The molecule has 0 atom stereocenters. The summed E-state index contributed by atoms with van der Waals surface area (Å²) in [6, 6.07) is 0.224. The lowest BCUT2D eigenvalue weighted by atomic mass is 10.0. The van der Waals surface area contributed by atoms with Crippen molar-refractivity contribution in [1.82, 2.24) is 0 Å². The van der Waals surface area contributed by atoms with Crippen LogP contribution in [0.2, 0.25) is 0 Å². The molecule has 0 heterocycles. The molecule has 0 aliphatic carbocycles. The number of carboxylic acids is 1. The number of carboxylic acid groups (broad SMARTS) is 1. The zero-order valence-electron chi connectivity index (χ0n) is 8.23. The van der Waals surface area contributed by atoms with Gasteiger partial charge in [0.1, 0.15) is 11.3 Å². The molecule has 9 heteroatoms. The van der Waals surface area contributed by atoms with E-state index in [0.29, 0.717) is 0 Å². The average Bonchev–Trinajstić information content (AvgIpc) is 2.12. The van der Waals surface area contributed by atoms with E-state index in [1.807, 2.05) is 0 Å². The molecule has 1 aromatic carbocycles. The number of rotatable bonds is 1. The Morgan fingerprint density at radius 3 is 1.83 bits per heavy atom. The minimum atomic E-state index is -5.42. The fourth-order valence-corrected chi connectivity index (χ4v) is 1.29. The van der Waals surface area contributed by atoms with Crippen LogP contribution in [0.25, 0.3) is 0 Å². The van der Waals surface area contributed by atoms with Crippen LogP contribution in [0.1, 0.15) is 21.5 Å². The largest absolute Gasteiger partial charge is 0.507 e. The van der Waals surface area contributed by atoms with Crippen molar-refractivity contribution in [3.05, 3.63) is 28.8 Å². The molecule has 0 unspecified atom stereocenters. The van der Waals surface area contributed by atoms with Crippen LogP contribution in [0, 0.1) is 0 Å². The SMILES string of the molecule is O=C(O)c1ccc(C(F)(F)F)c(O)c1C(F)(F)F. The highest BCUT2D eigenvalue weighted by molar-refractivity contribution is 5.90. The number of halogens is 6. The molecular weight excluding hydrogens is 270 g/mol. The summed E-state index contributed by atoms with van der Waals surface area (Å²) in [7, 11) is 0. The van der Waals surface area contributed by atoms with Gasteiger partial charge >= 0.3 is 18.3 Å². The predicted octanol–water partition coefficient (Wildman–Crippen LogP) is 3.13. The van der Waals surface area contributed by atoms with Gasteiger partial charge in [0, 0.05) is 0 Å². The first-order valence-corrected chi connectivity index (χ1v) is 4.20. The summed E-state index contributed by atoms with van der Waals surface area (Å²) >= 11 is 0. The third-order valence-corrected chi connectivity index (χ3v) is 2.00. The lowest BCUT2D eigenvalue weighted by Crippen LogP contribution is -2.16. The van der Waals surface area contributed by atoms with Crippen LogP contribution in [0.3, 0.4) is 0 Å². The second-order valence-electron chi connectivity index (χ2n) is 3.18. The third-order valence-electron chi connectivity index (χ3n) is 2.00. The molecule has 3 nitrogen and oxygen atoms in total. The molecule has 1 aromatic rings. The summed E-state index contributed by atoms with van der Waals surface area (Å²) < 4.78 is 74.2. The van der Waals surface area contributed by atoms with E-state index in [1.54, 1.807) is 0 Å². The van der Waals surface area contributed by atoms with Crippen molar-refractivity contribution in [2.45, 2.75) is 12.4 Å². The van der Waals surface area contributed by atoms with Crippen molar-refractivity contribution in [3.8, 4) is 5.75 Å².